The Morgan fingerprint density at radius 2 is 1.69 bits per heavy atom. The first-order valence-corrected chi connectivity index (χ1v) is 11.5. The number of hydrogen-bond acceptors (Lipinski definition) is 3. The zero-order valence-electron chi connectivity index (χ0n) is 18.0. The van der Waals surface area contributed by atoms with E-state index in [-0.39, 0.29) is 11.5 Å². The minimum absolute atomic E-state index is 0.134. The van der Waals surface area contributed by atoms with Crippen molar-refractivity contribution in [1.82, 2.24) is 4.90 Å². The second kappa shape index (κ2) is 11.2. The van der Waals surface area contributed by atoms with Crippen LogP contribution in [0.25, 0.3) is 0 Å². The van der Waals surface area contributed by atoms with Crippen molar-refractivity contribution >= 4 is 27.7 Å². The van der Waals surface area contributed by atoms with Crippen LogP contribution in [0.1, 0.15) is 51.7 Å². The van der Waals surface area contributed by atoms with Crippen LogP contribution < -0.4 is 5.32 Å². The molecule has 1 amide bonds. The van der Waals surface area contributed by atoms with Crippen molar-refractivity contribution in [3.63, 3.8) is 0 Å². The fourth-order valence-corrected chi connectivity index (χ4v) is 4.38. The Hall–Kier alpha value is -2.01. The van der Waals surface area contributed by atoms with Crippen LogP contribution in [0.5, 0.6) is 0 Å². The number of halogens is 1. The van der Waals surface area contributed by atoms with Crippen LogP contribution in [0.4, 0.5) is 10.5 Å². The number of rotatable bonds is 2. The van der Waals surface area contributed by atoms with E-state index in [1.54, 1.807) is 0 Å². The lowest BCUT2D eigenvalue weighted by Crippen LogP contribution is -2.46. The van der Waals surface area contributed by atoms with Crippen LogP contribution >= 0.6 is 15.9 Å². The third-order valence-electron chi connectivity index (χ3n) is 5.37. The summed E-state index contributed by atoms with van der Waals surface area (Å²) in [5, 5.41) is 3.54. The van der Waals surface area contributed by atoms with Gasteiger partial charge in [-0.15, -0.1) is 0 Å². The quantitative estimate of drug-likeness (QED) is 0.548. The number of carbonyl (C=O) groups is 1. The molecule has 2 aromatic carbocycles. The monoisotopic (exact) mass is 460 g/mol. The smallest absolute Gasteiger partial charge is 0.410 e. The third kappa shape index (κ3) is 5.33. The fourth-order valence-electron chi connectivity index (χ4n) is 3.87. The lowest BCUT2D eigenvalue weighted by atomic mass is 9.74. The highest BCUT2D eigenvalue weighted by molar-refractivity contribution is 9.10. The normalized spacial score (nSPS) is 15.8. The van der Waals surface area contributed by atoms with Gasteiger partial charge in [-0.1, -0.05) is 70.2 Å². The van der Waals surface area contributed by atoms with Crippen LogP contribution in [0, 0.1) is 0 Å². The molecule has 1 fully saturated rings. The molecule has 4 rings (SSSR count). The Bertz CT molecular complexity index is 772. The number of nitrogens with zero attached hydrogens (tertiary/aromatic N) is 1. The molecule has 29 heavy (non-hydrogen) atoms. The molecular formula is C24H33BrN2O2. The van der Waals surface area contributed by atoms with Gasteiger partial charge in [-0.05, 0) is 46.0 Å². The topological polar surface area (TPSA) is 41.6 Å². The van der Waals surface area contributed by atoms with Gasteiger partial charge in [-0.3, -0.25) is 0 Å². The Labute approximate surface area is 183 Å². The van der Waals surface area contributed by atoms with E-state index >= 15 is 0 Å². The summed E-state index contributed by atoms with van der Waals surface area (Å²) in [4.78, 5) is 14.2. The predicted octanol–water partition coefficient (Wildman–Crippen LogP) is 6.60. The van der Waals surface area contributed by atoms with Crippen LogP contribution in [-0.4, -0.2) is 30.6 Å². The number of amides is 1. The van der Waals surface area contributed by atoms with E-state index in [1.165, 1.54) is 11.3 Å². The van der Waals surface area contributed by atoms with Crippen LogP contribution in [0.15, 0.2) is 53.0 Å². The van der Waals surface area contributed by atoms with Gasteiger partial charge in [-0.25, -0.2) is 4.79 Å². The van der Waals surface area contributed by atoms with Crippen molar-refractivity contribution in [2.24, 2.45) is 0 Å². The minimum Gasteiger partial charge on any atom is -0.445 e. The molecule has 0 unspecified atom stereocenters. The zero-order chi connectivity index (χ0) is 21.3. The summed E-state index contributed by atoms with van der Waals surface area (Å²) in [6.45, 7) is 10.7. The van der Waals surface area contributed by atoms with Gasteiger partial charge in [0.2, 0.25) is 0 Å². The van der Waals surface area contributed by atoms with Gasteiger partial charge in [0.15, 0.2) is 0 Å². The van der Waals surface area contributed by atoms with E-state index in [9.17, 15) is 4.79 Å². The lowest BCUT2D eigenvalue weighted by molar-refractivity contribution is 0.0794. The van der Waals surface area contributed by atoms with Crippen molar-refractivity contribution in [1.29, 1.82) is 0 Å². The predicted molar refractivity (Wildman–Crippen MR) is 124 cm³/mol. The average Bonchev–Trinajstić information content (AvgIpc) is 3.15. The molecule has 0 bridgehead atoms. The largest absolute Gasteiger partial charge is 0.445 e. The SMILES string of the molecule is CC.CC.O=C(OCc1ccccc1)N1CCC2(CC1)CNc1c(Br)cccc12. The second-order valence-electron chi connectivity index (χ2n) is 6.82. The summed E-state index contributed by atoms with van der Waals surface area (Å²) < 4.78 is 6.59. The number of likely N-dealkylation sites (tertiary alicyclic amines) is 1. The highest BCUT2D eigenvalue weighted by Gasteiger charge is 2.42. The maximum atomic E-state index is 12.4. The Morgan fingerprint density at radius 1 is 1.03 bits per heavy atom. The molecule has 4 nitrogen and oxygen atoms in total. The summed E-state index contributed by atoms with van der Waals surface area (Å²) in [5.74, 6) is 0. The van der Waals surface area contributed by atoms with E-state index in [0.717, 1.165) is 42.5 Å². The van der Waals surface area contributed by atoms with E-state index in [4.69, 9.17) is 4.74 Å². The minimum atomic E-state index is -0.209. The maximum Gasteiger partial charge on any atom is 0.410 e. The average molecular weight is 461 g/mol. The van der Waals surface area contributed by atoms with Crippen molar-refractivity contribution in [2.45, 2.75) is 52.6 Å². The number of nitrogens with one attached hydrogen (secondary N) is 1. The molecule has 1 spiro atoms. The van der Waals surface area contributed by atoms with Crippen molar-refractivity contribution < 1.29 is 9.53 Å². The fraction of sp³-hybridized carbons (Fsp3) is 0.458. The lowest BCUT2D eigenvalue weighted by Gasteiger charge is -2.38. The van der Waals surface area contributed by atoms with E-state index < -0.39 is 0 Å². The Morgan fingerprint density at radius 3 is 2.34 bits per heavy atom. The summed E-state index contributed by atoms with van der Waals surface area (Å²) in [6, 6.07) is 16.2. The first-order chi connectivity index (χ1) is 14.2. The number of fused-ring (bicyclic) bond motifs is 2. The molecule has 0 aliphatic carbocycles. The van der Waals surface area contributed by atoms with Gasteiger partial charge in [-0.2, -0.15) is 0 Å². The van der Waals surface area contributed by atoms with Crippen molar-refractivity contribution in [2.75, 3.05) is 25.0 Å². The molecular weight excluding hydrogens is 428 g/mol. The zero-order valence-corrected chi connectivity index (χ0v) is 19.6. The molecule has 158 valence electrons. The second-order valence-corrected chi connectivity index (χ2v) is 7.68. The molecule has 0 atom stereocenters. The molecule has 1 saturated heterocycles. The molecule has 1 N–H and O–H groups in total. The van der Waals surface area contributed by atoms with Crippen LogP contribution in [0.3, 0.4) is 0 Å². The molecule has 0 aromatic heterocycles. The van der Waals surface area contributed by atoms with Gasteiger partial charge >= 0.3 is 6.09 Å². The summed E-state index contributed by atoms with van der Waals surface area (Å²) in [7, 11) is 0. The van der Waals surface area contributed by atoms with Gasteiger partial charge < -0.3 is 15.0 Å². The van der Waals surface area contributed by atoms with Gasteiger partial charge in [0, 0.05) is 29.5 Å². The number of piperidine rings is 1. The van der Waals surface area contributed by atoms with Crippen LogP contribution in [0.2, 0.25) is 0 Å². The molecule has 5 heteroatoms. The van der Waals surface area contributed by atoms with Crippen LogP contribution in [-0.2, 0) is 16.8 Å². The molecule has 2 aliphatic rings. The third-order valence-corrected chi connectivity index (χ3v) is 6.03. The van der Waals surface area contributed by atoms with E-state index in [0.29, 0.717) is 6.61 Å². The number of hydrogen-bond donors (Lipinski definition) is 1. The molecule has 0 radical (unpaired) electrons. The molecule has 0 saturated carbocycles. The van der Waals surface area contributed by atoms with Gasteiger partial charge in [0.05, 0.1) is 5.69 Å². The first kappa shape index (κ1) is 23.3. The van der Waals surface area contributed by atoms with Gasteiger partial charge in [0.25, 0.3) is 0 Å². The summed E-state index contributed by atoms with van der Waals surface area (Å²) in [6.07, 6.45) is 1.72. The first-order valence-electron chi connectivity index (χ1n) is 10.7. The van der Waals surface area contributed by atoms with Gasteiger partial charge in [0.1, 0.15) is 6.61 Å². The number of carbonyl (C=O) groups excluding carboxylic acids is 1. The summed E-state index contributed by atoms with van der Waals surface area (Å²) in [5.41, 5.74) is 3.74. The standard InChI is InChI=1S/C20H21BrN2O2.2C2H6/c21-17-8-4-7-16-18(17)22-14-20(16)9-11-23(12-10-20)19(24)25-13-15-5-2-1-3-6-15;2*1-2/h1-8,22H,9-14H2;2*1-2H3. The maximum absolute atomic E-state index is 12.4. The molecule has 2 aromatic rings. The van der Waals surface area contributed by atoms with Crippen molar-refractivity contribution in [3.8, 4) is 0 Å². The number of benzene rings is 2. The molecule has 2 aliphatic heterocycles. The number of ether oxygens (including phenoxy) is 1. The van der Waals surface area contributed by atoms with E-state index in [2.05, 4.69) is 39.4 Å². The highest BCUT2D eigenvalue weighted by Crippen LogP contribution is 2.46. The number of para-hydroxylation sites is 1. The molecule has 2 heterocycles. The van der Waals surface area contributed by atoms with Crippen molar-refractivity contribution in [3.05, 3.63) is 64.1 Å². The number of anilines is 1. The Kier molecular flexibility index (Phi) is 9.02. The Balaban J connectivity index is 0.000000707. The highest BCUT2D eigenvalue weighted by atomic mass is 79.9. The summed E-state index contributed by atoms with van der Waals surface area (Å²) >= 11 is 3.63. The van der Waals surface area contributed by atoms with E-state index in [1.807, 2.05) is 62.9 Å².